The van der Waals surface area contributed by atoms with E-state index in [0.717, 1.165) is 47.5 Å². The Morgan fingerprint density at radius 1 is 0.800 bits per heavy atom. The average Bonchev–Trinajstić information content (AvgIpc) is 3.16. The fraction of sp³-hybridized carbons (Fsp3) is 0.220. The van der Waals surface area contributed by atoms with E-state index in [4.69, 9.17) is 0 Å². The van der Waals surface area contributed by atoms with Gasteiger partial charge in [-0.05, 0) is 65.3 Å². The molecule has 0 radical (unpaired) electrons. The zero-order valence-corrected chi connectivity index (χ0v) is 27.4. The number of nitrogens with zero attached hydrogens (tertiary/aromatic N) is 4. The van der Waals surface area contributed by atoms with Crippen LogP contribution in [-0.2, 0) is 28.7 Å². The number of amides is 2. The molecule has 3 aromatic carbocycles. The Hall–Kier alpha value is -5.57. The summed E-state index contributed by atoms with van der Waals surface area (Å²) in [5, 5.41) is 0. The van der Waals surface area contributed by atoms with Crippen LogP contribution in [0.2, 0.25) is 0 Å². The van der Waals surface area contributed by atoms with E-state index < -0.39 is 23.8 Å². The highest BCUT2D eigenvalue weighted by Gasteiger charge is 2.35. The number of carbonyl (C=O) groups excluding carboxylic acids is 2. The Kier molecular flexibility index (Phi) is 10.8. The van der Waals surface area contributed by atoms with Crippen LogP contribution in [0.4, 0.5) is 13.2 Å². The molecule has 1 aliphatic rings. The third-order valence-corrected chi connectivity index (χ3v) is 9.06. The maximum Gasteiger partial charge on any atom is 0.433 e. The Morgan fingerprint density at radius 2 is 1.48 bits per heavy atom. The molecule has 0 bridgehead atoms. The van der Waals surface area contributed by atoms with Gasteiger partial charge in [-0.25, -0.2) is 0 Å². The van der Waals surface area contributed by atoms with Gasteiger partial charge in [0.15, 0.2) is 0 Å². The zero-order chi connectivity index (χ0) is 34.9. The summed E-state index contributed by atoms with van der Waals surface area (Å²) in [6.07, 6.45) is 2.91. The van der Waals surface area contributed by atoms with Gasteiger partial charge >= 0.3 is 6.18 Å². The van der Waals surface area contributed by atoms with Gasteiger partial charge in [-0.2, -0.15) is 13.2 Å². The number of pyridine rings is 2. The van der Waals surface area contributed by atoms with Crippen LogP contribution in [0.25, 0.3) is 17.3 Å². The summed E-state index contributed by atoms with van der Waals surface area (Å²) in [6, 6.07) is 34.6. The lowest BCUT2D eigenvalue weighted by Crippen LogP contribution is -2.53. The zero-order valence-electron chi connectivity index (χ0n) is 27.4. The fourth-order valence-corrected chi connectivity index (χ4v) is 6.32. The number of hydrogen-bond donors (Lipinski definition) is 0. The maximum absolute atomic E-state index is 14.5. The molecule has 5 aromatic rings. The number of rotatable bonds is 10. The molecule has 1 saturated heterocycles. The Balaban J connectivity index is 1.30. The second kappa shape index (κ2) is 15.8. The van der Waals surface area contributed by atoms with Crippen molar-refractivity contribution in [1.29, 1.82) is 0 Å². The predicted molar refractivity (Wildman–Crippen MR) is 187 cm³/mol. The van der Waals surface area contributed by atoms with Gasteiger partial charge in [-0.3, -0.25) is 19.6 Å². The van der Waals surface area contributed by atoms with E-state index >= 15 is 0 Å². The normalized spacial score (nSPS) is 14.4. The summed E-state index contributed by atoms with van der Waals surface area (Å²) in [7, 11) is 0. The smallest absolute Gasteiger partial charge is 0.341 e. The maximum atomic E-state index is 14.5. The summed E-state index contributed by atoms with van der Waals surface area (Å²) in [5.74, 6) is -0.223. The van der Waals surface area contributed by atoms with Crippen LogP contribution >= 0.6 is 0 Å². The van der Waals surface area contributed by atoms with Crippen molar-refractivity contribution in [2.75, 3.05) is 13.1 Å². The number of aromatic nitrogens is 2. The van der Waals surface area contributed by atoms with E-state index in [1.54, 1.807) is 11.1 Å². The third-order valence-electron chi connectivity index (χ3n) is 9.06. The van der Waals surface area contributed by atoms with E-state index in [1.165, 1.54) is 23.8 Å². The highest BCUT2D eigenvalue weighted by molar-refractivity contribution is 5.95. The summed E-state index contributed by atoms with van der Waals surface area (Å²) in [5.41, 5.74) is 4.03. The molecule has 2 amide bonds. The van der Waals surface area contributed by atoms with Crippen LogP contribution in [0.15, 0.2) is 134 Å². The van der Waals surface area contributed by atoms with Crippen molar-refractivity contribution in [3.63, 3.8) is 0 Å². The van der Waals surface area contributed by atoms with Gasteiger partial charge in [0.1, 0.15) is 11.7 Å². The molecule has 3 heterocycles. The number of hydrogen-bond acceptors (Lipinski definition) is 4. The van der Waals surface area contributed by atoms with Gasteiger partial charge in [-0.1, -0.05) is 97.1 Å². The molecule has 0 unspecified atom stereocenters. The second-order valence-corrected chi connectivity index (χ2v) is 12.4. The van der Waals surface area contributed by atoms with Crippen LogP contribution in [0.5, 0.6) is 0 Å². The first kappa shape index (κ1) is 34.3. The number of piperidine rings is 1. The van der Waals surface area contributed by atoms with Crippen molar-refractivity contribution in [3.8, 4) is 11.3 Å². The molecule has 9 heteroatoms. The molecule has 2 aromatic heterocycles. The van der Waals surface area contributed by atoms with Crippen molar-refractivity contribution >= 4 is 17.9 Å². The first-order valence-electron chi connectivity index (χ1n) is 16.6. The van der Waals surface area contributed by atoms with Crippen molar-refractivity contribution in [1.82, 2.24) is 19.8 Å². The number of alkyl halides is 3. The minimum absolute atomic E-state index is 0.136. The Bertz CT molecular complexity index is 1870. The molecule has 1 aliphatic heterocycles. The lowest BCUT2D eigenvalue weighted by Gasteiger charge is -2.38. The summed E-state index contributed by atoms with van der Waals surface area (Å²) in [4.78, 5) is 40.0. The van der Waals surface area contributed by atoms with Crippen LogP contribution in [0, 0.1) is 0 Å². The number of likely N-dealkylation sites (tertiary alicyclic amines) is 1. The van der Waals surface area contributed by atoms with Crippen molar-refractivity contribution in [3.05, 3.63) is 162 Å². The first-order chi connectivity index (χ1) is 24.2. The molecule has 254 valence electrons. The standard InChI is InChI=1S/C41H37F3N4O2/c42-41(43,44)38-20-16-31(28-46-38)17-21-39(49)48(29-32-14-18-35(19-15-32)36-13-7-8-24-45-36)37(27-30-9-3-1-4-10-30)40(50)47-25-22-34(23-26-47)33-11-5-2-6-12-33/h1-21,24,28,34,37H,22-23,25-27,29H2/b21-17-/t37-/m0/s1. The van der Waals surface area contributed by atoms with E-state index in [2.05, 4.69) is 22.1 Å². The molecular formula is C41H37F3N4O2. The van der Waals surface area contributed by atoms with Gasteiger partial charge in [0.05, 0.1) is 5.69 Å². The molecular weight excluding hydrogens is 637 g/mol. The molecule has 1 atom stereocenters. The SMILES string of the molecule is O=C([C@H](Cc1ccccc1)N(Cc1ccc(-c2ccccn2)cc1)C(=O)/C=C\c1ccc(C(F)(F)F)nc1)N1CCC(c2ccccc2)CC1. The van der Waals surface area contributed by atoms with Gasteiger partial charge in [-0.15, -0.1) is 0 Å². The minimum Gasteiger partial charge on any atom is -0.341 e. The highest BCUT2D eigenvalue weighted by Crippen LogP contribution is 2.30. The molecule has 0 saturated carbocycles. The van der Waals surface area contributed by atoms with E-state index in [-0.39, 0.29) is 12.5 Å². The highest BCUT2D eigenvalue weighted by atomic mass is 19.4. The number of carbonyl (C=O) groups is 2. The quantitative estimate of drug-likeness (QED) is 0.140. The van der Waals surface area contributed by atoms with E-state index in [9.17, 15) is 22.8 Å². The van der Waals surface area contributed by atoms with Gasteiger partial charge in [0, 0.05) is 50.1 Å². The fourth-order valence-electron chi connectivity index (χ4n) is 6.32. The average molecular weight is 675 g/mol. The van der Waals surface area contributed by atoms with Crippen LogP contribution in [0.3, 0.4) is 0 Å². The lowest BCUT2D eigenvalue weighted by atomic mass is 9.89. The van der Waals surface area contributed by atoms with Crippen LogP contribution in [0.1, 0.15) is 46.7 Å². The van der Waals surface area contributed by atoms with Gasteiger partial charge < -0.3 is 9.80 Å². The molecule has 0 aliphatic carbocycles. The minimum atomic E-state index is -4.57. The van der Waals surface area contributed by atoms with Gasteiger partial charge in [0.2, 0.25) is 11.8 Å². The summed E-state index contributed by atoms with van der Waals surface area (Å²) >= 11 is 0. The van der Waals surface area contributed by atoms with E-state index in [0.29, 0.717) is 31.0 Å². The van der Waals surface area contributed by atoms with Crippen LogP contribution in [-0.4, -0.2) is 50.7 Å². The predicted octanol–water partition coefficient (Wildman–Crippen LogP) is 8.22. The number of benzene rings is 3. The van der Waals surface area contributed by atoms with Crippen molar-refractivity contribution in [2.45, 2.75) is 43.9 Å². The summed E-state index contributed by atoms with van der Waals surface area (Å²) < 4.78 is 39.3. The Labute approximate surface area is 289 Å². The lowest BCUT2D eigenvalue weighted by molar-refractivity contribution is -0.145. The molecule has 0 N–H and O–H groups in total. The van der Waals surface area contributed by atoms with Gasteiger partial charge in [0.25, 0.3) is 0 Å². The monoisotopic (exact) mass is 674 g/mol. The molecule has 6 nitrogen and oxygen atoms in total. The Morgan fingerprint density at radius 3 is 2.10 bits per heavy atom. The molecule has 0 spiro atoms. The second-order valence-electron chi connectivity index (χ2n) is 12.4. The van der Waals surface area contributed by atoms with Crippen molar-refractivity contribution < 1.29 is 22.8 Å². The summed E-state index contributed by atoms with van der Waals surface area (Å²) in [6.45, 7) is 1.27. The molecule has 6 rings (SSSR count). The van der Waals surface area contributed by atoms with Crippen molar-refractivity contribution in [2.24, 2.45) is 0 Å². The van der Waals surface area contributed by atoms with E-state index in [1.807, 2.05) is 95.9 Å². The topological polar surface area (TPSA) is 66.4 Å². The van der Waals surface area contributed by atoms with Crippen LogP contribution < -0.4 is 0 Å². The number of halogens is 3. The molecule has 50 heavy (non-hydrogen) atoms. The third kappa shape index (κ3) is 8.71. The molecule has 1 fully saturated rings. The first-order valence-corrected chi connectivity index (χ1v) is 16.6. The largest absolute Gasteiger partial charge is 0.433 e.